The van der Waals surface area contributed by atoms with E-state index in [4.69, 9.17) is 0 Å². The number of rotatable bonds is 6. The van der Waals surface area contributed by atoms with Crippen LogP contribution in [0.4, 0.5) is 0 Å². The molecule has 0 nitrogen and oxygen atoms in total. The standard InChI is InChI=1S/2C14H17.CH2.2ClH.Zr/c2*1-11(2)7-8-13-10-9-12-5-3-4-6-14(12)13;;;;/h2*3-6,9-11H,7-8H2,1-2H3;1H2;2*1H;/q2*-1;;;;+2/p-2. The van der Waals surface area contributed by atoms with Gasteiger partial charge in [0.05, 0.1) is 0 Å². The normalized spacial score (nSPS) is 10.1. The molecule has 4 aromatic rings. The van der Waals surface area contributed by atoms with Crippen LogP contribution in [0.3, 0.4) is 0 Å². The van der Waals surface area contributed by atoms with Crippen LogP contribution in [0.5, 0.6) is 0 Å². The van der Waals surface area contributed by atoms with E-state index in [9.17, 15) is 0 Å². The summed E-state index contributed by atoms with van der Waals surface area (Å²) in [5.41, 5.74) is 3.02. The molecule has 0 saturated heterocycles. The van der Waals surface area contributed by atoms with E-state index in [0.717, 1.165) is 11.8 Å². The fourth-order valence-electron chi connectivity index (χ4n) is 3.75. The van der Waals surface area contributed by atoms with Crippen LogP contribution >= 0.6 is 0 Å². The van der Waals surface area contributed by atoms with Crippen LogP contribution in [-0.4, -0.2) is 4.21 Å². The quantitative estimate of drug-likeness (QED) is 0.326. The second-order valence-corrected chi connectivity index (χ2v) is 8.76. The SMILES string of the molecule is CC(C)CCc1c[cH-]c2ccccc12.CC(C)CCc1c[cH-]c2ccccc12.[CH2]=[Zr+2].[Cl-].[Cl-]. The van der Waals surface area contributed by atoms with E-state index in [0.29, 0.717) is 0 Å². The third kappa shape index (κ3) is 9.47. The predicted octanol–water partition coefficient (Wildman–Crippen LogP) is 2.27. The Morgan fingerprint density at radius 1 is 0.656 bits per heavy atom. The van der Waals surface area contributed by atoms with Crippen LogP contribution in [0, 0.1) is 11.8 Å². The molecule has 0 unspecified atom stereocenters. The summed E-state index contributed by atoms with van der Waals surface area (Å²) >= 11 is 1.30. The van der Waals surface area contributed by atoms with Gasteiger partial charge in [-0.15, -0.1) is 82.2 Å². The van der Waals surface area contributed by atoms with Crippen molar-refractivity contribution in [3.63, 3.8) is 0 Å². The average Bonchev–Trinajstić information content (AvgIpc) is 3.37. The Bertz CT molecular complexity index is 928. The molecule has 32 heavy (non-hydrogen) atoms. The summed E-state index contributed by atoms with van der Waals surface area (Å²) < 4.78 is 3.34. The molecular formula is C29H36Cl2Zr-2. The third-order valence-corrected chi connectivity index (χ3v) is 5.52. The molecule has 0 radical (unpaired) electrons. The summed E-state index contributed by atoms with van der Waals surface area (Å²) in [4.78, 5) is 0. The minimum absolute atomic E-state index is 0. The Kier molecular flexibility index (Phi) is 16.1. The van der Waals surface area contributed by atoms with Crippen LogP contribution in [0.2, 0.25) is 0 Å². The van der Waals surface area contributed by atoms with Gasteiger partial charge in [0.15, 0.2) is 0 Å². The topological polar surface area (TPSA) is 0 Å². The molecule has 0 aromatic heterocycles. The molecule has 4 aromatic carbocycles. The zero-order valence-corrected chi connectivity index (χ0v) is 23.8. The third-order valence-electron chi connectivity index (χ3n) is 5.52. The molecule has 0 spiro atoms. The summed E-state index contributed by atoms with van der Waals surface area (Å²) in [5, 5.41) is 5.64. The van der Waals surface area contributed by atoms with Crippen LogP contribution in [0.15, 0.2) is 72.8 Å². The fraction of sp³-hybridized carbons (Fsp3) is 0.345. The molecule has 0 saturated carbocycles. The van der Waals surface area contributed by atoms with Crippen LogP contribution in [-0.2, 0) is 37.1 Å². The predicted molar refractivity (Wildman–Crippen MR) is 133 cm³/mol. The van der Waals surface area contributed by atoms with Crippen LogP contribution < -0.4 is 24.8 Å². The van der Waals surface area contributed by atoms with Crippen LogP contribution in [0.25, 0.3) is 21.5 Å². The van der Waals surface area contributed by atoms with E-state index < -0.39 is 0 Å². The summed E-state index contributed by atoms with van der Waals surface area (Å²) in [6.07, 6.45) is 5.00. The number of benzene rings is 2. The van der Waals surface area contributed by atoms with E-state index >= 15 is 0 Å². The summed E-state index contributed by atoms with van der Waals surface area (Å²) in [5.74, 6) is 1.59. The summed E-state index contributed by atoms with van der Waals surface area (Å²) in [6.45, 7) is 9.13. The van der Waals surface area contributed by atoms with Gasteiger partial charge in [0.25, 0.3) is 0 Å². The molecule has 0 aliphatic carbocycles. The number of halogens is 2. The van der Waals surface area contributed by atoms with E-state index in [-0.39, 0.29) is 24.8 Å². The van der Waals surface area contributed by atoms with Gasteiger partial charge in [-0.2, -0.15) is 11.1 Å². The molecule has 0 aliphatic rings. The molecule has 0 heterocycles. The molecule has 4 rings (SSSR count). The zero-order chi connectivity index (χ0) is 21.9. The first kappa shape index (κ1) is 31.0. The Hall–Kier alpha value is -1.01. The first-order valence-corrected chi connectivity index (χ1v) is 12.9. The Morgan fingerprint density at radius 2 is 1.00 bits per heavy atom. The van der Waals surface area contributed by atoms with Crippen molar-refractivity contribution in [3.8, 4) is 0 Å². The number of fused-ring (bicyclic) bond motifs is 2. The van der Waals surface area contributed by atoms with E-state index in [1.54, 1.807) is 0 Å². The molecule has 0 amide bonds. The van der Waals surface area contributed by atoms with Crippen molar-refractivity contribution in [2.24, 2.45) is 11.8 Å². The minimum atomic E-state index is 0. The molecule has 0 fully saturated rings. The first-order valence-electron chi connectivity index (χ1n) is 11.2. The molecule has 0 atom stereocenters. The zero-order valence-electron chi connectivity index (χ0n) is 19.9. The van der Waals surface area contributed by atoms with E-state index in [1.165, 1.54) is 82.6 Å². The van der Waals surface area contributed by atoms with Crippen molar-refractivity contribution in [2.75, 3.05) is 0 Å². The summed E-state index contributed by atoms with van der Waals surface area (Å²) in [6, 6.07) is 26.3. The van der Waals surface area contributed by atoms with Gasteiger partial charge in [-0.3, -0.25) is 0 Å². The Morgan fingerprint density at radius 3 is 1.34 bits per heavy atom. The number of hydrogen-bond acceptors (Lipinski definition) is 0. The maximum Gasteiger partial charge on any atom is -1.00 e. The number of hydrogen-bond donors (Lipinski definition) is 0. The molecule has 3 heteroatoms. The fourth-order valence-corrected chi connectivity index (χ4v) is 3.75. The summed E-state index contributed by atoms with van der Waals surface area (Å²) in [7, 11) is 0. The Balaban J connectivity index is 0.000000527. The molecule has 0 bridgehead atoms. The molecule has 0 N–H and O–H groups in total. The van der Waals surface area contributed by atoms with Crippen LogP contribution in [0.1, 0.15) is 51.7 Å². The van der Waals surface area contributed by atoms with Crippen molar-refractivity contribution >= 4 is 25.8 Å². The van der Waals surface area contributed by atoms with E-state index in [2.05, 4.69) is 105 Å². The monoisotopic (exact) mass is 544 g/mol. The maximum absolute atomic E-state index is 3.34. The van der Waals surface area contributed by atoms with Crippen molar-refractivity contribution in [2.45, 2.75) is 53.4 Å². The van der Waals surface area contributed by atoms with Gasteiger partial charge >= 0.3 is 28.4 Å². The second kappa shape index (κ2) is 16.6. The van der Waals surface area contributed by atoms with E-state index in [1.807, 2.05) is 0 Å². The minimum Gasteiger partial charge on any atom is -1.00 e. The second-order valence-electron chi connectivity index (χ2n) is 8.76. The van der Waals surface area contributed by atoms with Gasteiger partial charge in [0.2, 0.25) is 0 Å². The first-order chi connectivity index (χ1) is 14.5. The largest absolute Gasteiger partial charge is 1.00 e. The van der Waals surface area contributed by atoms with Gasteiger partial charge in [0.1, 0.15) is 0 Å². The van der Waals surface area contributed by atoms with Gasteiger partial charge in [0, 0.05) is 0 Å². The smallest absolute Gasteiger partial charge is 1.00 e. The van der Waals surface area contributed by atoms with Gasteiger partial charge in [-0.25, -0.2) is 0 Å². The number of aryl methyl sites for hydroxylation is 2. The van der Waals surface area contributed by atoms with Gasteiger partial charge < -0.3 is 24.8 Å². The molecular weight excluding hydrogens is 510 g/mol. The van der Waals surface area contributed by atoms with Gasteiger partial charge in [-0.05, 0) is 11.8 Å². The van der Waals surface area contributed by atoms with Crippen molar-refractivity contribution in [1.82, 2.24) is 0 Å². The van der Waals surface area contributed by atoms with Crippen molar-refractivity contribution in [3.05, 3.63) is 83.9 Å². The maximum atomic E-state index is 3.34. The van der Waals surface area contributed by atoms with Gasteiger partial charge in [-0.1, -0.05) is 65.5 Å². The molecule has 0 aliphatic heterocycles. The Labute approximate surface area is 222 Å². The van der Waals surface area contributed by atoms with Crippen molar-refractivity contribution < 1.29 is 49.0 Å². The van der Waals surface area contributed by atoms with Crippen molar-refractivity contribution in [1.29, 1.82) is 0 Å². The average molecular weight is 547 g/mol. The molecule has 172 valence electrons.